The van der Waals surface area contributed by atoms with E-state index < -0.39 is 0 Å². The second-order valence-electron chi connectivity index (χ2n) is 6.52. The minimum atomic E-state index is 0.560. The molecule has 114 valence electrons. The molecule has 0 aromatic carbocycles. The van der Waals surface area contributed by atoms with Crippen LogP contribution >= 0.6 is 15.9 Å². The van der Waals surface area contributed by atoms with Crippen LogP contribution in [0.15, 0.2) is 21.2 Å². The van der Waals surface area contributed by atoms with Gasteiger partial charge in [-0.05, 0) is 78.5 Å². The maximum atomic E-state index is 5.79. The summed E-state index contributed by atoms with van der Waals surface area (Å²) in [6, 6.07) is 2.03. The quantitative estimate of drug-likeness (QED) is 0.719. The predicted octanol–water partition coefficient (Wildman–Crippen LogP) is 5.20. The molecule has 0 amide bonds. The van der Waals surface area contributed by atoms with Crippen LogP contribution in [-0.4, -0.2) is 13.1 Å². The first kappa shape index (κ1) is 16.1. The largest absolute Gasteiger partial charge is 0.468 e. The third-order valence-electron chi connectivity index (χ3n) is 4.79. The Labute approximate surface area is 131 Å². The summed E-state index contributed by atoms with van der Waals surface area (Å²) < 4.78 is 6.94. The molecule has 1 aliphatic rings. The van der Waals surface area contributed by atoms with Crippen LogP contribution in [0.5, 0.6) is 0 Å². The Balaban J connectivity index is 2.08. The Bertz CT molecular complexity index is 401. The average molecular weight is 342 g/mol. The number of halogens is 1. The topological polar surface area (TPSA) is 25.2 Å². The van der Waals surface area contributed by atoms with E-state index in [0.717, 1.165) is 29.4 Å². The van der Waals surface area contributed by atoms with Crippen LogP contribution in [0, 0.1) is 17.8 Å². The van der Waals surface area contributed by atoms with E-state index in [2.05, 4.69) is 42.0 Å². The van der Waals surface area contributed by atoms with E-state index in [0.29, 0.717) is 11.8 Å². The van der Waals surface area contributed by atoms with Crippen molar-refractivity contribution in [2.24, 2.45) is 17.8 Å². The summed E-state index contributed by atoms with van der Waals surface area (Å²) >= 11 is 3.65. The molecule has 0 saturated heterocycles. The summed E-state index contributed by atoms with van der Waals surface area (Å²) in [5.74, 6) is 4.04. The van der Waals surface area contributed by atoms with Crippen LogP contribution in [0.4, 0.5) is 0 Å². The first-order chi connectivity index (χ1) is 9.63. The van der Waals surface area contributed by atoms with Gasteiger partial charge in [0.15, 0.2) is 0 Å². The standard InChI is InChI=1S/C17H28BrNO/c1-4-8-19-11-14-6-5-13(12(2)3)10-15(14)17-16(18)7-9-20-17/h7,9,12-15,19H,4-6,8,10-11H2,1-3H3. The molecule has 2 nitrogen and oxygen atoms in total. The van der Waals surface area contributed by atoms with Gasteiger partial charge in [0, 0.05) is 5.92 Å². The van der Waals surface area contributed by atoms with Gasteiger partial charge in [0.05, 0.1) is 10.7 Å². The Morgan fingerprint density at radius 2 is 2.20 bits per heavy atom. The Morgan fingerprint density at radius 3 is 2.80 bits per heavy atom. The van der Waals surface area contributed by atoms with Crippen LogP contribution in [0.2, 0.25) is 0 Å². The third-order valence-corrected chi connectivity index (χ3v) is 5.45. The highest BCUT2D eigenvalue weighted by Gasteiger charge is 2.35. The summed E-state index contributed by atoms with van der Waals surface area (Å²) in [4.78, 5) is 0. The second-order valence-corrected chi connectivity index (χ2v) is 7.37. The van der Waals surface area contributed by atoms with Crippen molar-refractivity contribution in [1.82, 2.24) is 5.32 Å². The average Bonchev–Trinajstić information content (AvgIpc) is 2.85. The summed E-state index contributed by atoms with van der Waals surface area (Å²) in [5, 5.41) is 3.60. The monoisotopic (exact) mass is 341 g/mol. The van der Waals surface area contributed by atoms with Gasteiger partial charge in [-0.3, -0.25) is 0 Å². The van der Waals surface area contributed by atoms with Gasteiger partial charge in [0.2, 0.25) is 0 Å². The highest BCUT2D eigenvalue weighted by molar-refractivity contribution is 9.10. The lowest BCUT2D eigenvalue weighted by atomic mass is 9.69. The van der Waals surface area contributed by atoms with Crippen molar-refractivity contribution >= 4 is 15.9 Å². The van der Waals surface area contributed by atoms with Crippen molar-refractivity contribution in [1.29, 1.82) is 0 Å². The van der Waals surface area contributed by atoms with Crippen molar-refractivity contribution in [3.05, 3.63) is 22.6 Å². The van der Waals surface area contributed by atoms with Crippen LogP contribution in [-0.2, 0) is 0 Å². The molecule has 1 aromatic rings. The van der Waals surface area contributed by atoms with Gasteiger partial charge in [0.25, 0.3) is 0 Å². The highest BCUT2D eigenvalue weighted by Crippen LogP contribution is 2.45. The van der Waals surface area contributed by atoms with E-state index in [-0.39, 0.29) is 0 Å². The molecule has 3 unspecified atom stereocenters. The van der Waals surface area contributed by atoms with Crippen LogP contribution < -0.4 is 5.32 Å². The van der Waals surface area contributed by atoms with Gasteiger partial charge in [-0.15, -0.1) is 0 Å². The Hall–Kier alpha value is -0.280. The van der Waals surface area contributed by atoms with Crippen LogP contribution in [0.1, 0.15) is 58.1 Å². The summed E-state index contributed by atoms with van der Waals surface area (Å²) in [6.45, 7) is 9.18. The molecule has 0 bridgehead atoms. The number of rotatable bonds is 6. The molecular weight excluding hydrogens is 314 g/mol. The summed E-state index contributed by atoms with van der Waals surface area (Å²) in [6.07, 6.45) is 6.97. The molecule has 0 spiro atoms. The Kier molecular flexibility index (Phi) is 6.16. The SMILES string of the molecule is CCCNCC1CCC(C(C)C)CC1c1occc1Br. The van der Waals surface area contributed by atoms with Gasteiger partial charge in [-0.1, -0.05) is 20.8 Å². The highest BCUT2D eigenvalue weighted by atomic mass is 79.9. The van der Waals surface area contributed by atoms with Crippen molar-refractivity contribution in [3.63, 3.8) is 0 Å². The molecule has 1 fully saturated rings. The minimum Gasteiger partial charge on any atom is -0.468 e. The molecule has 1 aliphatic carbocycles. The van der Waals surface area contributed by atoms with Crippen molar-refractivity contribution < 1.29 is 4.42 Å². The van der Waals surface area contributed by atoms with Gasteiger partial charge in [0.1, 0.15) is 5.76 Å². The lowest BCUT2D eigenvalue weighted by Crippen LogP contribution is -2.33. The lowest BCUT2D eigenvalue weighted by molar-refractivity contribution is 0.174. The zero-order valence-electron chi connectivity index (χ0n) is 13.0. The zero-order chi connectivity index (χ0) is 14.5. The third kappa shape index (κ3) is 3.88. The minimum absolute atomic E-state index is 0.560. The molecule has 0 aliphatic heterocycles. The fourth-order valence-electron chi connectivity index (χ4n) is 3.47. The maximum Gasteiger partial charge on any atom is 0.121 e. The van der Waals surface area contributed by atoms with Gasteiger partial charge in [-0.2, -0.15) is 0 Å². The number of furan rings is 1. The molecule has 1 heterocycles. The van der Waals surface area contributed by atoms with Gasteiger partial charge < -0.3 is 9.73 Å². The molecule has 3 atom stereocenters. The Morgan fingerprint density at radius 1 is 1.40 bits per heavy atom. The zero-order valence-corrected chi connectivity index (χ0v) is 14.6. The van der Waals surface area contributed by atoms with E-state index in [1.54, 1.807) is 0 Å². The van der Waals surface area contributed by atoms with Crippen molar-refractivity contribution in [2.45, 2.75) is 52.4 Å². The van der Waals surface area contributed by atoms with Gasteiger partial charge >= 0.3 is 0 Å². The molecule has 0 radical (unpaired) electrons. The van der Waals surface area contributed by atoms with E-state index in [1.807, 2.05) is 12.3 Å². The molecular formula is C17H28BrNO. The molecule has 1 N–H and O–H groups in total. The van der Waals surface area contributed by atoms with Crippen LogP contribution in [0.3, 0.4) is 0 Å². The van der Waals surface area contributed by atoms with E-state index in [1.165, 1.54) is 31.4 Å². The fraction of sp³-hybridized carbons (Fsp3) is 0.765. The first-order valence-electron chi connectivity index (χ1n) is 8.07. The van der Waals surface area contributed by atoms with Crippen molar-refractivity contribution in [3.8, 4) is 0 Å². The smallest absolute Gasteiger partial charge is 0.121 e. The predicted molar refractivity (Wildman–Crippen MR) is 88.0 cm³/mol. The molecule has 20 heavy (non-hydrogen) atoms. The van der Waals surface area contributed by atoms with E-state index in [4.69, 9.17) is 4.42 Å². The number of nitrogens with one attached hydrogen (secondary N) is 1. The molecule has 1 aromatic heterocycles. The number of hydrogen-bond acceptors (Lipinski definition) is 2. The van der Waals surface area contributed by atoms with Crippen molar-refractivity contribution in [2.75, 3.05) is 13.1 Å². The molecule has 1 saturated carbocycles. The van der Waals surface area contributed by atoms with Crippen LogP contribution in [0.25, 0.3) is 0 Å². The summed E-state index contributed by atoms with van der Waals surface area (Å²) in [5.41, 5.74) is 0. The van der Waals surface area contributed by atoms with E-state index >= 15 is 0 Å². The van der Waals surface area contributed by atoms with E-state index in [9.17, 15) is 0 Å². The number of hydrogen-bond donors (Lipinski definition) is 1. The second kappa shape index (κ2) is 7.65. The molecule has 2 rings (SSSR count). The molecule has 3 heteroatoms. The first-order valence-corrected chi connectivity index (χ1v) is 8.86. The lowest BCUT2D eigenvalue weighted by Gasteiger charge is -2.37. The fourth-order valence-corrected chi connectivity index (χ4v) is 3.97. The summed E-state index contributed by atoms with van der Waals surface area (Å²) in [7, 11) is 0. The normalized spacial score (nSPS) is 27.1. The maximum absolute atomic E-state index is 5.79. The van der Waals surface area contributed by atoms with Gasteiger partial charge in [-0.25, -0.2) is 0 Å².